The molecular weight excluding hydrogens is 402 g/mol. The third-order valence-electron chi connectivity index (χ3n) is 4.34. The van der Waals surface area contributed by atoms with Crippen molar-refractivity contribution in [2.45, 2.75) is 18.2 Å². The van der Waals surface area contributed by atoms with Crippen molar-refractivity contribution in [1.82, 2.24) is 20.0 Å². The quantitative estimate of drug-likeness (QED) is 0.286. The zero-order chi connectivity index (χ0) is 20.2. The number of hydrogen-bond acceptors (Lipinski definition) is 6. The van der Waals surface area contributed by atoms with Gasteiger partial charge in [0.15, 0.2) is 4.34 Å². The zero-order valence-electron chi connectivity index (χ0n) is 16.0. The Balaban J connectivity index is 1.37. The molecule has 0 saturated heterocycles. The largest absolute Gasteiger partial charge is 0.303 e. The molecule has 0 saturated carbocycles. The van der Waals surface area contributed by atoms with Gasteiger partial charge in [0.25, 0.3) is 5.91 Å². The number of nitrogens with one attached hydrogen (secondary N) is 1. The highest BCUT2D eigenvalue weighted by molar-refractivity contribution is 8.01. The minimum absolute atomic E-state index is 0.163. The SMILES string of the molecule is Cc1cc(/C=N/NC(=O)CSc2nc3ccccc3s2)c(C)n1-c1ccccn1. The Hall–Kier alpha value is -2.97. The summed E-state index contributed by atoms with van der Waals surface area (Å²) < 4.78 is 4.06. The van der Waals surface area contributed by atoms with Gasteiger partial charge in [0.1, 0.15) is 5.82 Å². The molecule has 1 N–H and O–H groups in total. The van der Waals surface area contributed by atoms with Gasteiger partial charge >= 0.3 is 0 Å². The summed E-state index contributed by atoms with van der Waals surface area (Å²) in [4.78, 5) is 21.0. The molecule has 0 spiro atoms. The average Bonchev–Trinajstić information content (AvgIpc) is 3.27. The summed E-state index contributed by atoms with van der Waals surface area (Å²) in [5.41, 5.74) is 6.56. The Morgan fingerprint density at radius 2 is 2.07 bits per heavy atom. The molecule has 4 aromatic rings. The molecule has 0 aliphatic heterocycles. The summed E-state index contributed by atoms with van der Waals surface area (Å²) >= 11 is 3.01. The number of amides is 1. The van der Waals surface area contributed by atoms with Gasteiger partial charge in [-0.1, -0.05) is 30.0 Å². The summed E-state index contributed by atoms with van der Waals surface area (Å²) in [5, 5.41) is 4.12. The molecule has 0 bridgehead atoms. The van der Waals surface area contributed by atoms with Crippen LogP contribution in [0.4, 0.5) is 0 Å². The standard InChI is InChI=1S/C21H19N5OS2/c1-14-11-16(15(2)26(14)19-9-5-6-10-22-19)12-23-25-20(27)13-28-21-24-17-7-3-4-8-18(17)29-21/h3-12H,13H2,1-2H3,(H,25,27)/b23-12+. The summed E-state index contributed by atoms with van der Waals surface area (Å²) in [6, 6.07) is 15.8. The first-order valence-electron chi connectivity index (χ1n) is 9.02. The van der Waals surface area contributed by atoms with Gasteiger partial charge in [-0.25, -0.2) is 15.4 Å². The van der Waals surface area contributed by atoms with E-state index >= 15 is 0 Å². The lowest BCUT2D eigenvalue weighted by atomic mass is 10.3. The van der Waals surface area contributed by atoms with E-state index in [2.05, 4.69) is 25.1 Å². The van der Waals surface area contributed by atoms with E-state index in [-0.39, 0.29) is 11.7 Å². The van der Waals surface area contributed by atoms with Crippen molar-refractivity contribution < 1.29 is 4.79 Å². The van der Waals surface area contributed by atoms with E-state index in [9.17, 15) is 4.79 Å². The third kappa shape index (κ3) is 4.38. The molecule has 0 aliphatic rings. The minimum Gasteiger partial charge on any atom is -0.303 e. The lowest BCUT2D eigenvalue weighted by Crippen LogP contribution is -2.19. The number of carbonyl (C=O) groups excluding carboxylic acids is 1. The number of aromatic nitrogens is 3. The van der Waals surface area contributed by atoms with Gasteiger partial charge in [-0.3, -0.25) is 4.79 Å². The molecule has 0 unspecified atom stereocenters. The number of benzene rings is 1. The smallest absolute Gasteiger partial charge is 0.250 e. The van der Waals surface area contributed by atoms with Gasteiger partial charge in [-0.2, -0.15) is 5.10 Å². The first kappa shape index (κ1) is 19.4. The van der Waals surface area contributed by atoms with Crippen LogP contribution < -0.4 is 5.43 Å². The van der Waals surface area contributed by atoms with E-state index in [1.807, 2.05) is 62.4 Å². The van der Waals surface area contributed by atoms with Crippen LogP contribution in [0.3, 0.4) is 0 Å². The van der Waals surface area contributed by atoms with E-state index in [1.165, 1.54) is 11.8 Å². The lowest BCUT2D eigenvalue weighted by Gasteiger charge is -2.07. The highest BCUT2D eigenvalue weighted by Crippen LogP contribution is 2.29. The number of pyridine rings is 1. The van der Waals surface area contributed by atoms with Gasteiger partial charge in [-0.15, -0.1) is 11.3 Å². The average molecular weight is 422 g/mol. The van der Waals surface area contributed by atoms with Crippen LogP contribution in [0.15, 0.2) is 64.2 Å². The predicted octanol–water partition coefficient (Wildman–Crippen LogP) is 4.34. The fraction of sp³-hybridized carbons (Fsp3) is 0.143. The van der Waals surface area contributed by atoms with E-state index in [4.69, 9.17) is 0 Å². The number of rotatable bonds is 6. The fourth-order valence-electron chi connectivity index (χ4n) is 3.00. The number of aryl methyl sites for hydroxylation is 1. The second-order valence-corrected chi connectivity index (χ2v) is 8.63. The number of para-hydroxylation sites is 1. The van der Waals surface area contributed by atoms with Crippen LogP contribution in [0, 0.1) is 13.8 Å². The predicted molar refractivity (Wildman–Crippen MR) is 119 cm³/mol. The van der Waals surface area contributed by atoms with Crippen LogP contribution in [-0.4, -0.2) is 32.4 Å². The molecule has 1 amide bonds. The molecule has 146 valence electrons. The van der Waals surface area contributed by atoms with Crippen molar-refractivity contribution in [2.75, 3.05) is 5.75 Å². The Kier molecular flexibility index (Phi) is 5.73. The highest BCUT2D eigenvalue weighted by Gasteiger charge is 2.10. The Morgan fingerprint density at radius 1 is 1.24 bits per heavy atom. The summed E-state index contributed by atoms with van der Waals surface area (Å²) in [5.74, 6) is 0.965. The molecule has 3 heterocycles. The lowest BCUT2D eigenvalue weighted by molar-refractivity contribution is -0.118. The third-order valence-corrected chi connectivity index (χ3v) is 6.52. The van der Waals surface area contributed by atoms with Crippen molar-refractivity contribution in [3.05, 3.63) is 71.7 Å². The number of fused-ring (bicyclic) bond motifs is 1. The van der Waals surface area contributed by atoms with Gasteiger partial charge in [0.2, 0.25) is 0 Å². The van der Waals surface area contributed by atoms with Crippen LogP contribution in [0.1, 0.15) is 17.0 Å². The van der Waals surface area contributed by atoms with E-state index < -0.39 is 0 Å². The van der Waals surface area contributed by atoms with Crippen LogP contribution in [0.25, 0.3) is 16.0 Å². The molecule has 1 aromatic carbocycles. The highest BCUT2D eigenvalue weighted by atomic mass is 32.2. The zero-order valence-corrected chi connectivity index (χ0v) is 17.6. The maximum Gasteiger partial charge on any atom is 0.250 e. The number of thiazole rings is 1. The minimum atomic E-state index is -0.163. The van der Waals surface area contributed by atoms with Crippen molar-refractivity contribution in [1.29, 1.82) is 0 Å². The van der Waals surface area contributed by atoms with Crippen LogP contribution in [-0.2, 0) is 4.79 Å². The molecule has 4 rings (SSSR count). The Labute approximate surface area is 176 Å². The summed E-state index contributed by atoms with van der Waals surface area (Å²) in [6.45, 7) is 4.03. The van der Waals surface area contributed by atoms with Crippen molar-refractivity contribution in [2.24, 2.45) is 5.10 Å². The molecule has 0 fully saturated rings. The second kappa shape index (κ2) is 8.59. The number of hydrazone groups is 1. The van der Waals surface area contributed by atoms with Gasteiger partial charge in [0.05, 0.1) is 22.2 Å². The molecule has 3 aromatic heterocycles. The molecule has 29 heavy (non-hydrogen) atoms. The van der Waals surface area contributed by atoms with Crippen molar-refractivity contribution in [3.8, 4) is 5.82 Å². The van der Waals surface area contributed by atoms with Crippen molar-refractivity contribution >= 4 is 45.4 Å². The second-order valence-electron chi connectivity index (χ2n) is 6.38. The fourth-order valence-corrected chi connectivity index (χ4v) is 4.86. The molecule has 0 radical (unpaired) electrons. The Bertz CT molecular complexity index is 1150. The molecule has 0 aliphatic carbocycles. The van der Waals surface area contributed by atoms with E-state index in [0.717, 1.165) is 37.3 Å². The molecule has 0 atom stereocenters. The Morgan fingerprint density at radius 3 is 2.86 bits per heavy atom. The first-order valence-corrected chi connectivity index (χ1v) is 10.8. The maximum absolute atomic E-state index is 12.1. The van der Waals surface area contributed by atoms with E-state index in [1.54, 1.807) is 23.7 Å². The number of thioether (sulfide) groups is 1. The molecule has 6 nitrogen and oxygen atoms in total. The number of carbonyl (C=O) groups is 1. The normalized spacial score (nSPS) is 11.4. The molecule has 8 heteroatoms. The van der Waals surface area contributed by atoms with Crippen LogP contribution in [0.2, 0.25) is 0 Å². The first-order chi connectivity index (χ1) is 14.1. The van der Waals surface area contributed by atoms with Crippen LogP contribution in [0.5, 0.6) is 0 Å². The summed E-state index contributed by atoms with van der Waals surface area (Å²) in [6.07, 6.45) is 3.44. The number of nitrogens with zero attached hydrogens (tertiary/aromatic N) is 4. The monoisotopic (exact) mass is 421 g/mol. The van der Waals surface area contributed by atoms with Crippen LogP contribution >= 0.6 is 23.1 Å². The topological polar surface area (TPSA) is 72.2 Å². The van der Waals surface area contributed by atoms with Gasteiger partial charge in [-0.05, 0) is 44.2 Å². The van der Waals surface area contributed by atoms with Gasteiger partial charge < -0.3 is 4.57 Å². The van der Waals surface area contributed by atoms with Crippen molar-refractivity contribution in [3.63, 3.8) is 0 Å². The maximum atomic E-state index is 12.1. The van der Waals surface area contributed by atoms with Gasteiger partial charge in [0, 0.05) is 23.1 Å². The van der Waals surface area contributed by atoms with E-state index in [0.29, 0.717) is 0 Å². The molecular formula is C21H19N5OS2. The summed E-state index contributed by atoms with van der Waals surface area (Å²) in [7, 11) is 0. The number of hydrogen-bond donors (Lipinski definition) is 1.